The van der Waals surface area contributed by atoms with Crippen LogP contribution in [-0.4, -0.2) is 10.2 Å². The van der Waals surface area contributed by atoms with Crippen molar-refractivity contribution in [3.8, 4) is 0 Å². The molecule has 0 aliphatic rings. The lowest BCUT2D eigenvalue weighted by Gasteiger charge is -1.97. The summed E-state index contributed by atoms with van der Waals surface area (Å²) in [5.74, 6) is 0. The van der Waals surface area contributed by atoms with E-state index in [1.54, 1.807) is 6.07 Å². The second-order valence-corrected chi connectivity index (χ2v) is 2.83. The van der Waals surface area contributed by atoms with Crippen molar-refractivity contribution in [2.24, 2.45) is 0 Å². The van der Waals surface area contributed by atoms with E-state index < -0.39 is 0 Å². The first-order chi connectivity index (χ1) is 5.68. The predicted octanol–water partition coefficient (Wildman–Crippen LogP) is 0.747. The zero-order valence-corrected chi connectivity index (χ0v) is 6.64. The van der Waals surface area contributed by atoms with Gasteiger partial charge in [-0.2, -0.15) is 0 Å². The third-order valence-electron chi connectivity index (χ3n) is 1.96. The minimum atomic E-state index is -0.128. The fourth-order valence-corrected chi connectivity index (χ4v) is 1.21. The molecule has 0 amide bonds. The van der Waals surface area contributed by atoms with Gasteiger partial charge in [0.1, 0.15) is 0 Å². The molecular formula is C8H9N3O. The van der Waals surface area contributed by atoms with Crippen LogP contribution < -0.4 is 11.3 Å². The van der Waals surface area contributed by atoms with Crippen LogP contribution in [0.15, 0.2) is 16.9 Å². The molecule has 0 saturated heterocycles. The molecule has 0 aliphatic carbocycles. The number of aryl methyl sites for hydroxylation is 1. The first-order valence-electron chi connectivity index (χ1n) is 3.65. The lowest BCUT2D eigenvalue weighted by Crippen LogP contribution is -1.98. The zero-order chi connectivity index (χ0) is 8.72. The predicted molar refractivity (Wildman–Crippen MR) is 48.1 cm³/mol. The van der Waals surface area contributed by atoms with E-state index in [0.717, 1.165) is 11.1 Å². The number of nitrogens with two attached hydrogens (primary N) is 1. The summed E-state index contributed by atoms with van der Waals surface area (Å²) in [4.78, 5) is 11.1. The van der Waals surface area contributed by atoms with Crippen LogP contribution in [0.4, 0.5) is 5.69 Å². The highest BCUT2D eigenvalue weighted by Crippen LogP contribution is 2.16. The highest BCUT2D eigenvalue weighted by molar-refractivity contribution is 5.82. The Hall–Kier alpha value is -1.71. The van der Waals surface area contributed by atoms with Crippen molar-refractivity contribution in [1.29, 1.82) is 0 Å². The van der Waals surface area contributed by atoms with Crippen LogP contribution in [-0.2, 0) is 0 Å². The van der Waals surface area contributed by atoms with Crippen LogP contribution in [0.5, 0.6) is 0 Å². The van der Waals surface area contributed by atoms with Crippen molar-refractivity contribution in [2.45, 2.75) is 6.92 Å². The molecule has 12 heavy (non-hydrogen) atoms. The van der Waals surface area contributed by atoms with Gasteiger partial charge >= 0.3 is 0 Å². The lowest BCUT2D eigenvalue weighted by molar-refractivity contribution is 1.08. The molecule has 0 spiro atoms. The SMILES string of the molecule is Cc1cc2[nH][nH]c(=O)c2cc1N. The van der Waals surface area contributed by atoms with Crippen molar-refractivity contribution < 1.29 is 0 Å². The van der Waals surface area contributed by atoms with Crippen LogP contribution >= 0.6 is 0 Å². The largest absolute Gasteiger partial charge is 0.398 e. The maximum atomic E-state index is 11.1. The molecule has 1 aromatic carbocycles. The molecule has 2 rings (SSSR count). The van der Waals surface area contributed by atoms with Gasteiger partial charge in [-0.05, 0) is 24.6 Å². The van der Waals surface area contributed by atoms with Gasteiger partial charge in [0.2, 0.25) is 0 Å². The summed E-state index contributed by atoms with van der Waals surface area (Å²) in [5, 5.41) is 5.87. The first-order valence-corrected chi connectivity index (χ1v) is 3.65. The summed E-state index contributed by atoms with van der Waals surface area (Å²) in [5.41, 5.74) is 7.93. The minimum absolute atomic E-state index is 0.128. The molecule has 0 atom stereocenters. The molecular weight excluding hydrogens is 154 g/mol. The van der Waals surface area contributed by atoms with Gasteiger partial charge in [0, 0.05) is 5.69 Å². The molecule has 1 aromatic heterocycles. The molecule has 0 aliphatic heterocycles. The van der Waals surface area contributed by atoms with Gasteiger partial charge < -0.3 is 5.73 Å². The number of aromatic amines is 2. The van der Waals surface area contributed by atoms with E-state index in [9.17, 15) is 4.79 Å². The molecule has 0 fully saturated rings. The molecule has 4 nitrogen and oxygen atoms in total. The second-order valence-electron chi connectivity index (χ2n) is 2.83. The number of H-pyrrole nitrogens is 2. The third-order valence-corrected chi connectivity index (χ3v) is 1.96. The van der Waals surface area contributed by atoms with Crippen LogP contribution in [0.25, 0.3) is 10.9 Å². The molecule has 4 heteroatoms. The Morgan fingerprint density at radius 1 is 1.33 bits per heavy atom. The maximum absolute atomic E-state index is 11.1. The Kier molecular flexibility index (Phi) is 1.24. The number of anilines is 1. The number of fused-ring (bicyclic) bond motifs is 1. The van der Waals surface area contributed by atoms with Gasteiger partial charge in [-0.25, -0.2) is 0 Å². The average molecular weight is 163 g/mol. The fourth-order valence-electron chi connectivity index (χ4n) is 1.21. The van der Waals surface area contributed by atoms with Gasteiger partial charge in [0.25, 0.3) is 5.56 Å². The fraction of sp³-hybridized carbons (Fsp3) is 0.125. The van der Waals surface area contributed by atoms with E-state index in [1.165, 1.54) is 0 Å². The van der Waals surface area contributed by atoms with Gasteiger partial charge in [-0.3, -0.25) is 15.0 Å². The number of nitrogen functional groups attached to an aromatic ring is 1. The topological polar surface area (TPSA) is 74.7 Å². The molecule has 0 saturated carbocycles. The highest BCUT2D eigenvalue weighted by atomic mass is 16.1. The highest BCUT2D eigenvalue weighted by Gasteiger charge is 2.02. The number of hydrogen-bond acceptors (Lipinski definition) is 2. The monoisotopic (exact) mass is 163 g/mol. The molecule has 4 N–H and O–H groups in total. The number of aromatic nitrogens is 2. The van der Waals surface area contributed by atoms with Crippen molar-refractivity contribution in [3.63, 3.8) is 0 Å². The lowest BCUT2D eigenvalue weighted by atomic mass is 10.1. The van der Waals surface area contributed by atoms with Gasteiger partial charge in [-0.1, -0.05) is 0 Å². The Morgan fingerprint density at radius 2 is 2.08 bits per heavy atom. The van der Waals surface area contributed by atoms with Crippen LogP contribution in [0, 0.1) is 6.92 Å². The van der Waals surface area contributed by atoms with E-state index >= 15 is 0 Å². The van der Waals surface area contributed by atoms with Crippen molar-refractivity contribution >= 4 is 16.6 Å². The van der Waals surface area contributed by atoms with Crippen molar-refractivity contribution in [3.05, 3.63) is 28.0 Å². The zero-order valence-electron chi connectivity index (χ0n) is 6.64. The Balaban J connectivity index is 2.97. The molecule has 2 aromatic rings. The van der Waals surface area contributed by atoms with E-state index in [-0.39, 0.29) is 5.56 Å². The van der Waals surface area contributed by atoms with E-state index in [2.05, 4.69) is 10.2 Å². The minimum Gasteiger partial charge on any atom is -0.398 e. The van der Waals surface area contributed by atoms with E-state index in [0.29, 0.717) is 11.1 Å². The molecule has 0 unspecified atom stereocenters. The molecule has 62 valence electrons. The van der Waals surface area contributed by atoms with Crippen LogP contribution in [0.2, 0.25) is 0 Å². The van der Waals surface area contributed by atoms with Gasteiger partial charge in [0.15, 0.2) is 0 Å². The Morgan fingerprint density at radius 3 is 2.83 bits per heavy atom. The smallest absolute Gasteiger partial charge is 0.271 e. The van der Waals surface area contributed by atoms with Gasteiger partial charge in [-0.15, -0.1) is 0 Å². The third kappa shape index (κ3) is 0.812. The van der Waals surface area contributed by atoms with Crippen molar-refractivity contribution in [2.75, 3.05) is 5.73 Å². The summed E-state index contributed by atoms with van der Waals surface area (Å²) >= 11 is 0. The summed E-state index contributed by atoms with van der Waals surface area (Å²) in [6, 6.07) is 3.53. The Labute approximate surface area is 68.4 Å². The summed E-state index contributed by atoms with van der Waals surface area (Å²) < 4.78 is 0. The molecule has 0 bridgehead atoms. The number of rotatable bonds is 0. The standard InChI is InChI=1S/C8H9N3O/c1-4-2-7-5(3-6(4)9)8(12)11-10-7/h2-3H,9H2,1H3,(H2,10,11,12). The molecule has 0 radical (unpaired) electrons. The number of hydrogen-bond donors (Lipinski definition) is 3. The maximum Gasteiger partial charge on any atom is 0.271 e. The van der Waals surface area contributed by atoms with Crippen molar-refractivity contribution in [1.82, 2.24) is 10.2 Å². The summed E-state index contributed by atoms with van der Waals surface area (Å²) in [7, 11) is 0. The second kappa shape index (κ2) is 2.14. The first kappa shape index (κ1) is 6.97. The van der Waals surface area contributed by atoms with E-state index in [1.807, 2.05) is 13.0 Å². The number of nitrogens with one attached hydrogen (secondary N) is 2. The summed E-state index contributed by atoms with van der Waals surface area (Å²) in [6.07, 6.45) is 0. The van der Waals surface area contributed by atoms with Crippen LogP contribution in [0.1, 0.15) is 5.56 Å². The summed E-state index contributed by atoms with van der Waals surface area (Å²) in [6.45, 7) is 1.90. The van der Waals surface area contributed by atoms with Crippen LogP contribution in [0.3, 0.4) is 0 Å². The normalized spacial score (nSPS) is 10.8. The quantitative estimate of drug-likeness (QED) is 0.501. The van der Waals surface area contributed by atoms with Gasteiger partial charge in [0.05, 0.1) is 10.9 Å². The number of benzene rings is 1. The average Bonchev–Trinajstić information content (AvgIpc) is 2.35. The Bertz CT molecular complexity index is 480. The molecule has 1 heterocycles. The van der Waals surface area contributed by atoms with E-state index in [4.69, 9.17) is 5.73 Å².